The van der Waals surface area contributed by atoms with Crippen molar-refractivity contribution in [2.75, 3.05) is 40.4 Å². The van der Waals surface area contributed by atoms with Crippen LogP contribution in [0.25, 0.3) is 11.1 Å². The van der Waals surface area contributed by atoms with Gasteiger partial charge in [0.15, 0.2) is 0 Å². The van der Waals surface area contributed by atoms with E-state index in [4.69, 9.17) is 4.74 Å². The summed E-state index contributed by atoms with van der Waals surface area (Å²) in [4.78, 5) is 43.8. The van der Waals surface area contributed by atoms with Crippen LogP contribution in [0.4, 0.5) is 4.39 Å². The highest BCUT2D eigenvalue weighted by molar-refractivity contribution is 5.92. The fourth-order valence-electron chi connectivity index (χ4n) is 5.54. The number of rotatable bonds is 15. The second kappa shape index (κ2) is 17.0. The molecule has 3 N–H and O–H groups in total. The van der Waals surface area contributed by atoms with Crippen LogP contribution in [0.1, 0.15) is 30.9 Å². The molecule has 1 aliphatic heterocycles. The average molecular weight is 633 g/mol. The highest BCUT2D eigenvalue weighted by Gasteiger charge is 2.35. The second-order valence-electron chi connectivity index (χ2n) is 12.0. The van der Waals surface area contributed by atoms with E-state index in [2.05, 4.69) is 10.6 Å². The zero-order chi connectivity index (χ0) is 33.1. The van der Waals surface area contributed by atoms with E-state index in [0.717, 1.165) is 36.1 Å². The van der Waals surface area contributed by atoms with Crippen molar-refractivity contribution in [1.29, 1.82) is 0 Å². The lowest BCUT2D eigenvalue weighted by Gasteiger charge is -2.34. The van der Waals surface area contributed by atoms with Crippen molar-refractivity contribution >= 4 is 17.7 Å². The summed E-state index contributed by atoms with van der Waals surface area (Å²) in [5.41, 5.74) is 3.59. The van der Waals surface area contributed by atoms with Gasteiger partial charge in [0.05, 0.1) is 12.7 Å². The Hall–Kier alpha value is -4.12. The Bertz CT molecular complexity index is 1410. The molecule has 0 aromatic heterocycles. The zero-order valence-corrected chi connectivity index (χ0v) is 26.8. The maximum Gasteiger partial charge on any atom is 0.249 e. The van der Waals surface area contributed by atoms with Gasteiger partial charge in [0, 0.05) is 39.5 Å². The third kappa shape index (κ3) is 9.94. The summed E-state index contributed by atoms with van der Waals surface area (Å²) in [6.07, 6.45) is 1.59. The standard InChI is InChI=1S/C36H45FN4O5/c1-25(42)22-39-35(44)32(20-27-13-17-30(37)18-14-27)41(3)36(45)33(40(2)34(43)24-46-23-31-10-7-19-38-31)21-26-11-15-29(16-12-26)28-8-5-4-6-9-28/h4-6,8-9,11-18,25,31-33,38,42H,7,10,19-24H2,1-3H3,(H,39,44)/t25-,31+,32-,33-/m1/s1. The van der Waals surface area contributed by atoms with Crippen molar-refractivity contribution in [3.8, 4) is 11.1 Å². The van der Waals surface area contributed by atoms with Crippen molar-refractivity contribution in [2.45, 2.75) is 56.8 Å². The molecule has 0 bridgehead atoms. The van der Waals surface area contributed by atoms with Gasteiger partial charge in [-0.15, -0.1) is 0 Å². The third-order valence-electron chi connectivity index (χ3n) is 8.37. The number of aliphatic hydroxyl groups is 1. The molecule has 0 radical (unpaired) electrons. The summed E-state index contributed by atoms with van der Waals surface area (Å²) in [5.74, 6) is -1.65. The van der Waals surface area contributed by atoms with Gasteiger partial charge in [-0.2, -0.15) is 0 Å². The molecule has 1 heterocycles. The van der Waals surface area contributed by atoms with Crippen LogP contribution in [0.3, 0.4) is 0 Å². The first-order valence-electron chi connectivity index (χ1n) is 15.8. The summed E-state index contributed by atoms with van der Waals surface area (Å²) in [6, 6.07) is 21.8. The first-order valence-corrected chi connectivity index (χ1v) is 15.8. The average Bonchev–Trinajstić information content (AvgIpc) is 3.59. The molecule has 4 rings (SSSR count). The van der Waals surface area contributed by atoms with Crippen molar-refractivity contribution < 1.29 is 28.6 Å². The maximum absolute atomic E-state index is 14.3. The molecule has 1 saturated heterocycles. The van der Waals surface area contributed by atoms with Crippen molar-refractivity contribution in [3.63, 3.8) is 0 Å². The SMILES string of the molecule is C[C@@H](O)CNC(=O)[C@@H](Cc1ccc(F)cc1)N(C)C(=O)[C@@H](Cc1ccc(-c2ccccc2)cc1)N(C)C(=O)COC[C@@H]1CCCN1. The zero-order valence-electron chi connectivity index (χ0n) is 26.8. The monoisotopic (exact) mass is 632 g/mol. The number of nitrogens with one attached hydrogen (secondary N) is 2. The molecule has 46 heavy (non-hydrogen) atoms. The van der Waals surface area contributed by atoms with Gasteiger partial charge in [-0.1, -0.05) is 66.7 Å². The van der Waals surface area contributed by atoms with E-state index in [1.165, 1.54) is 29.0 Å². The Morgan fingerprint density at radius 3 is 2.13 bits per heavy atom. The summed E-state index contributed by atoms with van der Waals surface area (Å²) in [6.45, 7) is 2.71. The minimum atomic E-state index is -0.979. The minimum Gasteiger partial charge on any atom is -0.392 e. The highest BCUT2D eigenvalue weighted by atomic mass is 19.1. The van der Waals surface area contributed by atoms with E-state index in [0.29, 0.717) is 12.2 Å². The summed E-state index contributed by atoms with van der Waals surface area (Å²) < 4.78 is 19.4. The topological polar surface area (TPSA) is 111 Å². The predicted octanol–water partition coefficient (Wildman–Crippen LogP) is 3.20. The number of carbonyl (C=O) groups excluding carboxylic acids is 3. The van der Waals surface area contributed by atoms with Gasteiger partial charge in [0.1, 0.15) is 24.5 Å². The lowest BCUT2D eigenvalue weighted by molar-refractivity contribution is -0.149. The molecular formula is C36H45FN4O5. The molecule has 9 nitrogen and oxygen atoms in total. The number of hydrogen-bond donors (Lipinski definition) is 3. The van der Waals surface area contributed by atoms with E-state index in [-0.39, 0.29) is 37.9 Å². The van der Waals surface area contributed by atoms with Gasteiger partial charge in [-0.25, -0.2) is 4.39 Å². The number of amides is 3. The van der Waals surface area contributed by atoms with E-state index >= 15 is 0 Å². The number of carbonyl (C=O) groups is 3. The van der Waals surface area contributed by atoms with Crippen molar-refractivity contribution in [2.24, 2.45) is 0 Å². The number of ether oxygens (including phenoxy) is 1. The first-order chi connectivity index (χ1) is 22.1. The molecule has 4 atom stereocenters. The van der Waals surface area contributed by atoms with Crippen LogP contribution in [0, 0.1) is 5.82 Å². The van der Waals surface area contributed by atoms with Gasteiger partial charge in [-0.05, 0) is 60.7 Å². The van der Waals surface area contributed by atoms with Crippen LogP contribution in [0.15, 0.2) is 78.9 Å². The smallest absolute Gasteiger partial charge is 0.249 e. The fraction of sp³-hybridized carbons (Fsp3) is 0.417. The van der Waals surface area contributed by atoms with E-state index in [1.54, 1.807) is 26.1 Å². The van der Waals surface area contributed by atoms with Gasteiger partial charge in [0.2, 0.25) is 17.7 Å². The summed E-state index contributed by atoms with van der Waals surface area (Å²) in [5, 5.41) is 15.8. The van der Waals surface area contributed by atoms with Crippen LogP contribution in [-0.4, -0.2) is 97.3 Å². The number of nitrogens with zero attached hydrogens (tertiary/aromatic N) is 2. The number of hydrogen-bond acceptors (Lipinski definition) is 6. The molecule has 0 saturated carbocycles. The Morgan fingerprint density at radius 1 is 0.913 bits per heavy atom. The van der Waals surface area contributed by atoms with Gasteiger partial charge in [-0.3, -0.25) is 14.4 Å². The summed E-state index contributed by atoms with van der Waals surface area (Å²) >= 11 is 0. The fourth-order valence-corrected chi connectivity index (χ4v) is 5.54. The number of aliphatic hydroxyl groups excluding tert-OH is 1. The van der Waals surface area contributed by atoms with Gasteiger partial charge in [0.25, 0.3) is 0 Å². The quantitative estimate of drug-likeness (QED) is 0.238. The number of halogens is 1. The van der Waals surface area contributed by atoms with Crippen LogP contribution in [0.2, 0.25) is 0 Å². The lowest BCUT2D eigenvalue weighted by atomic mass is 9.98. The van der Waals surface area contributed by atoms with Gasteiger partial charge < -0.3 is 30.3 Å². The Labute approximate surface area is 270 Å². The second-order valence-corrected chi connectivity index (χ2v) is 12.0. The van der Waals surface area contributed by atoms with Crippen LogP contribution < -0.4 is 10.6 Å². The van der Waals surface area contributed by atoms with E-state index < -0.39 is 35.8 Å². The predicted molar refractivity (Wildman–Crippen MR) is 175 cm³/mol. The molecule has 0 unspecified atom stereocenters. The van der Waals surface area contributed by atoms with Gasteiger partial charge >= 0.3 is 0 Å². The molecule has 10 heteroatoms. The Balaban J connectivity index is 1.57. The van der Waals surface area contributed by atoms with Crippen LogP contribution >= 0.6 is 0 Å². The van der Waals surface area contributed by atoms with Crippen LogP contribution in [-0.2, 0) is 32.0 Å². The van der Waals surface area contributed by atoms with E-state index in [1.807, 2.05) is 54.6 Å². The molecule has 1 fully saturated rings. The number of likely N-dealkylation sites (N-methyl/N-ethyl adjacent to an activating group) is 2. The highest BCUT2D eigenvalue weighted by Crippen LogP contribution is 2.21. The molecule has 3 aromatic rings. The Morgan fingerprint density at radius 2 is 1.52 bits per heavy atom. The van der Waals surface area contributed by atoms with Crippen LogP contribution in [0.5, 0.6) is 0 Å². The first kappa shape index (κ1) is 34.7. The lowest BCUT2D eigenvalue weighted by Crippen LogP contribution is -2.56. The molecule has 0 spiro atoms. The largest absolute Gasteiger partial charge is 0.392 e. The van der Waals surface area contributed by atoms with Crippen molar-refractivity contribution in [3.05, 3.63) is 95.8 Å². The number of benzene rings is 3. The molecule has 1 aliphatic rings. The minimum absolute atomic E-state index is 0.00352. The molecular weight excluding hydrogens is 587 g/mol. The molecule has 246 valence electrons. The molecule has 3 aromatic carbocycles. The maximum atomic E-state index is 14.3. The Kier molecular flexibility index (Phi) is 12.8. The third-order valence-corrected chi connectivity index (χ3v) is 8.37. The van der Waals surface area contributed by atoms with Crippen molar-refractivity contribution in [1.82, 2.24) is 20.4 Å². The molecule has 0 aliphatic carbocycles. The normalized spacial score (nSPS) is 16.3. The summed E-state index contributed by atoms with van der Waals surface area (Å²) in [7, 11) is 3.11. The molecule has 3 amide bonds. The van der Waals surface area contributed by atoms with E-state index in [9.17, 15) is 23.9 Å².